The highest BCUT2D eigenvalue weighted by Crippen LogP contribution is 2.15. The molecule has 3 N–H and O–H groups in total. The second kappa shape index (κ2) is 6.55. The Morgan fingerprint density at radius 1 is 1.50 bits per heavy atom. The highest BCUT2D eigenvalue weighted by atomic mass is 16.5. The van der Waals surface area contributed by atoms with Gasteiger partial charge in [-0.1, -0.05) is 6.92 Å². The van der Waals surface area contributed by atoms with Gasteiger partial charge in [0.15, 0.2) is 0 Å². The molecule has 0 aromatic carbocycles. The lowest BCUT2D eigenvalue weighted by atomic mass is 9.97. The van der Waals surface area contributed by atoms with Gasteiger partial charge in [0.1, 0.15) is 0 Å². The molecule has 0 saturated carbocycles. The molecule has 4 heteroatoms. The standard InChI is InChI=1S/C12H27N3O/c1-4-14-5-6-15-7-8-16-11(10-15)9-12(2,3)13/h11,14H,4-10,13H2,1-3H3. The third-order valence-electron chi connectivity index (χ3n) is 2.83. The topological polar surface area (TPSA) is 50.5 Å². The molecule has 1 atom stereocenters. The van der Waals surface area contributed by atoms with Crippen LogP contribution < -0.4 is 11.1 Å². The summed E-state index contributed by atoms with van der Waals surface area (Å²) in [7, 11) is 0. The van der Waals surface area contributed by atoms with Crippen LogP contribution in [0.5, 0.6) is 0 Å². The fourth-order valence-electron chi connectivity index (χ4n) is 2.11. The maximum atomic E-state index is 6.02. The third kappa shape index (κ3) is 5.80. The second-order valence-electron chi connectivity index (χ2n) is 5.34. The first-order chi connectivity index (χ1) is 7.51. The number of hydrogen-bond acceptors (Lipinski definition) is 4. The van der Waals surface area contributed by atoms with Crippen molar-refractivity contribution < 1.29 is 4.74 Å². The van der Waals surface area contributed by atoms with Gasteiger partial charge >= 0.3 is 0 Å². The van der Waals surface area contributed by atoms with Gasteiger partial charge in [-0.3, -0.25) is 4.90 Å². The van der Waals surface area contributed by atoms with Gasteiger partial charge in [-0.2, -0.15) is 0 Å². The number of nitrogens with one attached hydrogen (secondary N) is 1. The lowest BCUT2D eigenvalue weighted by Gasteiger charge is -2.35. The molecule has 1 saturated heterocycles. The Labute approximate surface area is 99.5 Å². The van der Waals surface area contributed by atoms with Crippen LogP contribution in [0, 0.1) is 0 Å². The smallest absolute Gasteiger partial charge is 0.0719 e. The van der Waals surface area contributed by atoms with Gasteiger partial charge in [0.05, 0.1) is 12.7 Å². The van der Waals surface area contributed by atoms with Crippen LogP contribution in [0.25, 0.3) is 0 Å². The Hall–Kier alpha value is -0.160. The molecule has 1 fully saturated rings. The SMILES string of the molecule is CCNCCN1CCOC(CC(C)(C)N)C1. The van der Waals surface area contributed by atoms with Gasteiger partial charge in [0.2, 0.25) is 0 Å². The van der Waals surface area contributed by atoms with Crippen LogP contribution in [0.2, 0.25) is 0 Å². The van der Waals surface area contributed by atoms with E-state index in [9.17, 15) is 0 Å². The van der Waals surface area contributed by atoms with Gasteiger partial charge in [-0.15, -0.1) is 0 Å². The molecule has 0 spiro atoms. The van der Waals surface area contributed by atoms with E-state index >= 15 is 0 Å². The van der Waals surface area contributed by atoms with Crippen LogP contribution in [0.15, 0.2) is 0 Å². The molecular weight excluding hydrogens is 202 g/mol. The van der Waals surface area contributed by atoms with Crippen molar-refractivity contribution in [2.75, 3.05) is 39.3 Å². The molecule has 1 unspecified atom stereocenters. The highest BCUT2D eigenvalue weighted by molar-refractivity contribution is 4.81. The minimum Gasteiger partial charge on any atom is -0.375 e. The van der Waals surface area contributed by atoms with E-state index in [1.807, 2.05) is 0 Å². The summed E-state index contributed by atoms with van der Waals surface area (Å²) >= 11 is 0. The van der Waals surface area contributed by atoms with E-state index in [1.165, 1.54) is 0 Å². The average molecular weight is 229 g/mol. The van der Waals surface area contributed by atoms with E-state index in [0.717, 1.165) is 45.8 Å². The zero-order valence-electron chi connectivity index (χ0n) is 11.0. The Bertz CT molecular complexity index is 191. The number of nitrogens with two attached hydrogens (primary N) is 1. The number of rotatable bonds is 6. The van der Waals surface area contributed by atoms with Crippen molar-refractivity contribution in [2.24, 2.45) is 5.73 Å². The van der Waals surface area contributed by atoms with Gasteiger partial charge in [-0.05, 0) is 26.8 Å². The minimum atomic E-state index is -0.130. The summed E-state index contributed by atoms with van der Waals surface area (Å²) in [5, 5.41) is 3.35. The predicted molar refractivity (Wildman–Crippen MR) is 67.6 cm³/mol. The largest absolute Gasteiger partial charge is 0.375 e. The van der Waals surface area contributed by atoms with Gasteiger partial charge in [0.25, 0.3) is 0 Å². The quantitative estimate of drug-likeness (QED) is 0.648. The lowest BCUT2D eigenvalue weighted by Crippen LogP contribution is -2.48. The zero-order chi connectivity index (χ0) is 12.0. The van der Waals surface area contributed by atoms with E-state index in [1.54, 1.807) is 0 Å². The normalized spacial score (nSPS) is 23.6. The van der Waals surface area contributed by atoms with Crippen molar-refractivity contribution in [2.45, 2.75) is 38.8 Å². The Kier molecular flexibility index (Phi) is 5.69. The molecule has 0 bridgehead atoms. The van der Waals surface area contributed by atoms with Crippen LogP contribution >= 0.6 is 0 Å². The lowest BCUT2D eigenvalue weighted by molar-refractivity contribution is -0.0389. The summed E-state index contributed by atoms with van der Waals surface area (Å²) in [4.78, 5) is 2.46. The summed E-state index contributed by atoms with van der Waals surface area (Å²) in [6, 6.07) is 0. The van der Waals surface area contributed by atoms with Crippen molar-refractivity contribution in [3.05, 3.63) is 0 Å². The zero-order valence-corrected chi connectivity index (χ0v) is 11.0. The van der Waals surface area contributed by atoms with Gasteiger partial charge in [-0.25, -0.2) is 0 Å². The van der Waals surface area contributed by atoms with Crippen molar-refractivity contribution in [1.29, 1.82) is 0 Å². The molecule has 0 aromatic heterocycles. The van der Waals surface area contributed by atoms with Crippen molar-refractivity contribution >= 4 is 0 Å². The summed E-state index contributed by atoms with van der Waals surface area (Å²) < 4.78 is 5.75. The summed E-state index contributed by atoms with van der Waals surface area (Å²) in [6.45, 7) is 12.4. The molecule has 4 nitrogen and oxygen atoms in total. The number of nitrogens with zero attached hydrogens (tertiary/aromatic N) is 1. The van der Waals surface area contributed by atoms with Crippen LogP contribution in [-0.4, -0.2) is 55.9 Å². The molecule has 0 aromatic rings. The summed E-state index contributed by atoms with van der Waals surface area (Å²) in [6.07, 6.45) is 1.24. The summed E-state index contributed by atoms with van der Waals surface area (Å²) in [5.74, 6) is 0. The molecule has 96 valence electrons. The number of ether oxygens (including phenoxy) is 1. The first-order valence-corrected chi connectivity index (χ1v) is 6.35. The highest BCUT2D eigenvalue weighted by Gasteiger charge is 2.25. The van der Waals surface area contributed by atoms with E-state index in [2.05, 4.69) is 31.0 Å². The summed E-state index contributed by atoms with van der Waals surface area (Å²) in [5.41, 5.74) is 5.89. The Morgan fingerprint density at radius 3 is 2.88 bits per heavy atom. The predicted octanol–water partition coefficient (Wildman–Crippen LogP) is 0.424. The number of likely N-dealkylation sites (N-methyl/N-ethyl adjacent to an activating group) is 1. The first-order valence-electron chi connectivity index (χ1n) is 6.35. The van der Waals surface area contributed by atoms with Crippen LogP contribution in [0.3, 0.4) is 0 Å². The van der Waals surface area contributed by atoms with Crippen molar-refractivity contribution in [3.8, 4) is 0 Å². The van der Waals surface area contributed by atoms with Crippen LogP contribution in [-0.2, 0) is 4.74 Å². The van der Waals surface area contributed by atoms with Gasteiger partial charge < -0.3 is 15.8 Å². The van der Waals surface area contributed by atoms with E-state index in [0.29, 0.717) is 6.10 Å². The monoisotopic (exact) mass is 229 g/mol. The van der Waals surface area contributed by atoms with E-state index in [4.69, 9.17) is 10.5 Å². The van der Waals surface area contributed by atoms with Crippen molar-refractivity contribution in [3.63, 3.8) is 0 Å². The van der Waals surface area contributed by atoms with Gasteiger partial charge in [0, 0.05) is 31.7 Å². The molecule has 0 aliphatic carbocycles. The molecule has 1 aliphatic rings. The molecule has 0 radical (unpaired) electrons. The van der Waals surface area contributed by atoms with E-state index in [-0.39, 0.29) is 5.54 Å². The second-order valence-corrected chi connectivity index (χ2v) is 5.34. The van der Waals surface area contributed by atoms with Crippen molar-refractivity contribution in [1.82, 2.24) is 10.2 Å². The number of morpholine rings is 1. The molecule has 1 aliphatic heterocycles. The molecular formula is C12H27N3O. The first kappa shape index (κ1) is 13.9. The Balaban J connectivity index is 2.24. The Morgan fingerprint density at radius 2 is 2.25 bits per heavy atom. The maximum Gasteiger partial charge on any atom is 0.0719 e. The fourth-order valence-corrected chi connectivity index (χ4v) is 2.11. The minimum absolute atomic E-state index is 0.130. The number of hydrogen-bond donors (Lipinski definition) is 2. The fraction of sp³-hybridized carbons (Fsp3) is 1.00. The maximum absolute atomic E-state index is 6.02. The van der Waals surface area contributed by atoms with Crippen LogP contribution in [0.1, 0.15) is 27.2 Å². The molecule has 1 rings (SSSR count). The average Bonchev–Trinajstić information content (AvgIpc) is 2.16. The molecule has 16 heavy (non-hydrogen) atoms. The van der Waals surface area contributed by atoms with E-state index < -0.39 is 0 Å². The molecule has 0 amide bonds. The van der Waals surface area contributed by atoms with Crippen LogP contribution in [0.4, 0.5) is 0 Å². The molecule has 1 heterocycles. The third-order valence-corrected chi connectivity index (χ3v) is 2.83.